The Morgan fingerprint density at radius 2 is 1.91 bits per heavy atom. The number of fused-ring (bicyclic) bond motifs is 1. The third-order valence-electron chi connectivity index (χ3n) is 7.77. The number of ether oxygens (including phenoxy) is 1. The van der Waals surface area contributed by atoms with Gasteiger partial charge in [0, 0.05) is 68.2 Å². The number of amides is 1. The van der Waals surface area contributed by atoms with Crippen molar-refractivity contribution in [1.82, 2.24) is 9.47 Å². The highest BCUT2D eigenvalue weighted by molar-refractivity contribution is 5.86. The highest BCUT2D eigenvalue weighted by Crippen LogP contribution is 2.37. The first-order chi connectivity index (χ1) is 17.0. The first-order valence-electron chi connectivity index (χ1n) is 12.6. The molecule has 1 amide bonds. The number of carbonyl (C=O) groups is 1. The normalized spacial score (nSPS) is 20.7. The second-order valence-corrected chi connectivity index (χ2v) is 9.94. The van der Waals surface area contributed by atoms with E-state index in [1.807, 2.05) is 30.3 Å². The Labute approximate surface area is 206 Å². The van der Waals surface area contributed by atoms with Gasteiger partial charge in [0.2, 0.25) is 5.91 Å². The first-order valence-corrected chi connectivity index (χ1v) is 12.6. The summed E-state index contributed by atoms with van der Waals surface area (Å²) in [6, 6.07) is 13.2. The third-order valence-corrected chi connectivity index (χ3v) is 7.77. The lowest BCUT2D eigenvalue weighted by Gasteiger charge is -2.35. The van der Waals surface area contributed by atoms with Crippen LogP contribution in [0.5, 0.6) is 0 Å². The molecule has 6 nitrogen and oxygen atoms in total. The maximum Gasteiger partial charge on any atom is 0.227 e. The summed E-state index contributed by atoms with van der Waals surface area (Å²) in [5, 5.41) is 0.953. The van der Waals surface area contributed by atoms with Gasteiger partial charge in [-0.25, -0.2) is 4.39 Å². The number of anilines is 2. The summed E-state index contributed by atoms with van der Waals surface area (Å²) in [7, 11) is 1.67. The number of nitrogen functional groups attached to an aromatic ring is 1. The Balaban J connectivity index is 1.36. The van der Waals surface area contributed by atoms with Crippen LogP contribution in [0.2, 0.25) is 0 Å². The molecular weight excluding hydrogens is 443 g/mol. The van der Waals surface area contributed by atoms with E-state index in [1.54, 1.807) is 13.2 Å². The molecule has 1 aromatic heterocycles. The van der Waals surface area contributed by atoms with Gasteiger partial charge in [-0.05, 0) is 62.1 Å². The lowest BCUT2D eigenvalue weighted by molar-refractivity contribution is -0.136. The molecule has 2 N–H and O–H groups in total. The van der Waals surface area contributed by atoms with E-state index in [4.69, 9.17) is 10.5 Å². The minimum absolute atomic E-state index is 0.00388. The van der Waals surface area contributed by atoms with E-state index in [0.29, 0.717) is 25.2 Å². The molecule has 0 saturated carbocycles. The number of hydrogen-bond donors (Lipinski definition) is 1. The van der Waals surface area contributed by atoms with Crippen molar-refractivity contribution in [2.24, 2.45) is 5.92 Å². The Hall–Kier alpha value is -3.06. The molecular formula is C28H35FN4O2. The molecule has 0 radical (unpaired) electrons. The molecule has 0 bridgehead atoms. The SMILES string of the molecule is COCCn1c(C2CCCN(C(=O)[C@H]3CCN(c4ccc(N)cc4)C3)C2)c(C)c2cccc(F)c21. The summed E-state index contributed by atoms with van der Waals surface area (Å²) in [4.78, 5) is 17.9. The van der Waals surface area contributed by atoms with Gasteiger partial charge in [-0.2, -0.15) is 0 Å². The molecule has 35 heavy (non-hydrogen) atoms. The van der Waals surface area contributed by atoms with Crippen LogP contribution in [0.15, 0.2) is 42.5 Å². The van der Waals surface area contributed by atoms with Crippen molar-refractivity contribution in [3.63, 3.8) is 0 Å². The van der Waals surface area contributed by atoms with Crippen molar-refractivity contribution in [3.8, 4) is 0 Å². The number of aryl methyl sites for hydroxylation is 1. The highest BCUT2D eigenvalue weighted by atomic mass is 19.1. The number of aromatic nitrogens is 1. The molecule has 2 aliphatic rings. The number of nitrogens with two attached hydrogens (primary N) is 1. The molecule has 3 aromatic rings. The molecule has 2 aromatic carbocycles. The van der Waals surface area contributed by atoms with E-state index in [0.717, 1.165) is 66.9 Å². The number of methoxy groups -OCH3 is 1. The molecule has 2 aliphatic heterocycles. The van der Waals surface area contributed by atoms with E-state index in [1.165, 1.54) is 6.07 Å². The Kier molecular flexibility index (Phi) is 6.69. The molecule has 2 fully saturated rings. The third kappa shape index (κ3) is 4.49. The number of benzene rings is 2. The zero-order valence-corrected chi connectivity index (χ0v) is 20.7. The minimum atomic E-state index is -0.203. The van der Waals surface area contributed by atoms with Gasteiger partial charge >= 0.3 is 0 Å². The van der Waals surface area contributed by atoms with E-state index >= 15 is 0 Å². The highest BCUT2D eigenvalue weighted by Gasteiger charge is 2.35. The van der Waals surface area contributed by atoms with Gasteiger partial charge in [-0.3, -0.25) is 4.79 Å². The van der Waals surface area contributed by atoms with E-state index < -0.39 is 0 Å². The second kappa shape index (κ2) is 9.90. The monoisotopic (exact) mass is 478 g/mol. The molecule has 0 aliphatic carbocycles. The van der Waals surface area contributed by atoms with Gasteiger partial charge in [0.05, 0.1) is 18.0 Å². The number of rotatable bonds is 6. The standard InChI is InChI=1S/C28H35FN4O2/c1-19-24-6-3-7-25(29)27(24)33(15-16-35-2)26(19)20-5-4-13-32(17-20)28(34)21-12-14-31(18-21)23-10-8-22(30)9-11-23/h3,6-11,20-21H,4-5,12-18,30H2,1-2H3/t20?,21-/m0/s1. The van der Waals surface area contributed by atoms with Gasteiger partial charge in [0.1, 0.15) is 5.82 Å². The van der Waals surface area contributed by atoms with E-state index in [-0.39, 0.29) is 23.6 Å². The van der Waals surface area contributed by atoms with Gasteiger partial charge < -0.3 is 24.8 Å². The van der Waals surface area contributed by atoms with Crippen LogP contribution in [0, 0.1) is 18.7 Å². The quantitative estimate of drug-likeness (QED) is 0.528. The Bertz CT molecular complexity index is 1210. The van der Waals surface area contributed by atoms with Crippen LogP contribution < -0.4 is 10.6 Å². The number of hydrogen-bond acceptors (Lipinski definition) is 4. The lowest BCUT2D eigenvalue weighted by Crippen LogP contribution is -2.43. The van der Waals surface area contributed by atoms with Crippen LogP contribution in [0.25, 0.3) is 10.9 Å². The molecule has 3 heterocycles. The van der Waals surface area contributed by atoms with E-state index in [9.17, 15) is 9.18 Å². The maximum absolute atomic E-state index is 14.9. The summed E-state index contributed by atoms with van der Waals surface area (Å²) < 4.78 is 22.3. The van der Waals surface area contributed by atoms with Crippen LogP contribution in [0.3, 0.4) is 0 Å². The molecule has 2 atom stereocenters. The number of halogens is 1. The fraction of sp³-hybridized carbons (Fsp3) is 0.464. The average molecular weight is 479 g/mol. The van der Waals surface area contributed by atoms with Crippen molar-refractivity contribution >= 4 is 28.2 Å². The van der Waals surface area contributed by atoms with Crippen LogP contribution in [-0.2, 0) is 16.1 Å². The molecule has 186 valence electrons. The van der Waals surface area contributed by atoms with Crippen molar-refractivity contribution in [3.05, 3.63) is 59.5 Å². The summed E-state index contributed by atoms with van der Waals surface area (Å²) >= 11 is 0. The molecule has 1 unspecified atom stereocenters. The predicted molar refractivity (Wildman–Crippen MR) is 138 cm³/mol. The van der Waals surface area contributed by atoms with Crippen molar-refractivity contribution in [2.45, 2.75) is 38.6 Å². The summed E-state index contributed by atoms with van der Waals surface area (Å²) in [6.07, 6.45) is 2.82. The first kappa shape index (κ1) is 23.7. The number of piperidine rings is 1. The summed E-state index contributed by atoms with van der Waals surface area (Å²) in [5.74, 6) is 0.233. The molecule has 7 heteroatoms. The van der Waals surface area contributed by atoms with Crippen molar-refractivity contribution in [1.29, 1.82) is 0 Å². The molecule has 0 spiro atoms. The summed E-state index contributed by atoms with van der Waals surface area (Å²) in [5.41, 5.74) is 10.6. The van der Waals surface area contributed by atoms with Crippen molar-refractivity contribution in [2.75, 3.05) is 50.5 Å². The van der Waals surface area contributed by atoms with E-state index in [2.05, 4.69) is 21.3 Å². The predicted octanol–water partition coefficient (Wildman–Crippen LogP) is 4.55. The maximum atomic E-state index is 14.9. The zero-order chi connectivity index (χ0) is 24.5. The van der Waals surface area contributed by atoms with Gasteiger partial charge in [-0.15, -0.1) is 0 Å². The number of likely N-dealkylation sites (tertiary alicyclic amines) is 1. The number of carbonyl (C=O) groups excluding carboxylic acids is 1. The minimum Gasteiger partial charge on any atom is -0.399 e. The largest absolute Gasteiger partial charge is 0.399 e. The van der Waals surface area contributed by atoms with Crippen molar-refractivity contribution < 1.29 is 13.9 Å². The topological polar surface area (TPSA) is 63.7 Å². The van der Waals surface area contributed by atoms with Crippen LogP contribution in [-0.4, -0.2) is 55.3 Å². The number of para-hydroxylation sites is 1. The van der Waals surface area contributed by atoms with Crippen LogP contribution >= 0.6 is 0 Å². The molecule has 5 rings (SSSR count). The fourth-order valence-corrected chi connectivity index (χ4v) is 6.03. The number of nitrogens with zero attached hydrogens (tertiary/aromatic N) is 3. The lowest BCUT2D eigenvalue weighted by atomic mass is 9.91. The summed E-state index contributed by atoms with van der Waals surface area (Å²) in [6.45, 7) is 6.29. The van der Waals surface area contributed by atoms with Gasteiger partial charge in [0.15, 0.2) is 0 Å². The smallest absolute Gasteiger partial charge is 0.227 e. The average Bonchev–Trinajstić information content (AvgIpc) is 3.47. The molecule has 2 saturated heterocycles. The van der Waals surface area contributed by atoms with Crippen LogP contribution in [0.4, 0.5) is 15.8 Å². The fourth-order valence-electron chi connectivity index (χ4n) is 6.03. The zero-order valence-electron chi connectivity index (χ0n) is 20.7. The van der Waals surface area contributed by atoms with Crippen LogP contribution in [0.1, 0.15) is 36.4 Å². The Morgan fingerprint density at radius 3 is 2.69 bits per heavy atom. The van der Waals surface area contributed by atoms with Gasteiger partial charge in [-0.1, -0.05) is 12.1 Å². The Morgan fingerprint density at radius 1 is 1.11 bits per heavy atom. The van der Waals surface area contributed by atoms with Gasteiger partial charge in [0.25, 0.3) is 0 Å². The second-order valence-electron chi connectivity index (χ2n) is 9.94.